The second-order valence-electron chi connectivity index (χ2n) is 2.60. The number of carbonyl (C=O) groups is 1. The number of hydrogen-bond acceptors (Lipinski definition) is 2. The van der Waals surface area contributed by atoms with Crippen LogP contribution in [-0.4, -0.2) is 12.5 Å². The molecule has 0 aliphatic rings. The molecule has 0 heterocycles. The molecule has 1 aromatic rings. The molecule has 0 spiro atoms. The van der Waals surface area contributed by atoms with Gasteiger partial charge in [0.2, 0.25) is 0 Å². The summed E-state index contributed by atoms with van der Waals surface area (Å²) in [6.45, 7) is 2.25. The third kappa shape index (κ3) is 2.18. The number of rotatable bonds is 2. The number of nitrogens with two attached hydrogens (primary N) is 1. The summed E-state index contributed by atoms with van der Waals surface area (Å²) >= 11 is 0. The van der Waals surface area contributed by atoms with E-state index in [9.17, 15) is 9.18 Å². The zero-order valence-electron chi connectivity index (χ0n) is 7.30. The fourth-order valence-electron chi connectivity index (χ4n) is 0.971. The molecule has 0 fully saturated rings. The lowest BCUT2D eigenvalue weighted by atomic mass is 10.2. The van der Waals surface area contributed by atoms with Crippen molar-refractivity contribution < 1.29 is 9.18 Å². The van der Waals surface area contributed by atoms with E-state index in [-0.39, 0.29) is 5.56 Å². The van der Waals surface area contributed by atoms with E-state index in [1.807, 2.05) is 0 Å². The van der Waals surface area contributed by atoms with Crippen molar-refractivity contribution in [2.24, 2.45) is 0 Å². The van der Waals surface area contributed by atoms with Crippen LogP contribution in [0.15, 0.2) is 18.2 Å². The van der Waals surface area contributed by atoms with Gasteiger partial charge in [-0.15, -0.1) is 0 Å². The third-order valence-corrected chi connectivity index (χ3v) is 1.58. The fourth-order valence-corrected chi connectivity index (χ4v) is 0.971. The average Bonchev–Trinajstić information content (AvgIpc) is 2.04. The molecule has 0 radical (unpaired) electrons. The summed E-state index contributed by atoms with van der Waals surface area (Å²) in [5.41, 5.74) is 5.66. The van der Waals surface area contributed by atoms with Gasteiger partial charge in [-0.3, -0.25) is 4.79 Å². The van der Waals surface area contributed by atoms with Crippen molar-refractivity contribution in [3.63, 3.8) is 0 Å². The van der Waals surface area contributed by atoms with E-state index in [4.69, 9.17) is 5.73 Å². The predicted molar refractivity (Wildman–Crippen MR) is 48.8 cm³/mol. The number of benzene rings is 1. The number of anilines is 1. The van der Waals surface area contributed by atoms with E-state index in [1.54, 1.807) is 6.92 Å². The molecule has 13 heavy (non-hydrogen) atoms. The van der Waals surface area contributed by atoms with Gasteiger partial charge in [-0.05, 0) is 25.1 Å². The number of nitrogen functional groups attached to an aromatic ring is 1. The first-order valence-corrected chi connectivity index (χ1v) is 3.98. The fraction of sp³-hybridized carbons (Fsp3) is 0.222. The highest BCUT2D eigenvalue weighted by molar-refractivity contribution is 5.94. The van der Waals surface area contributed by atoms with E-state index in [0.717, 1.165) is 6.07 Å². The molecule has 0 bridgehead atoms. The van der Waals surface area contributed by atoms with Crippen molar-refractivity contribution in [2.45, 2.75) is 6.92 Å². The van der Waals surface area contributed by atoms with Gasteiger partial charge in [0, 0.05) is 12.2 Å². The molecule has 1 rings (SSSR count). The van der Waals surface area contributed by atoms with Gasteiger partial charge in [0.15, 0.2) is 0 Å². The number of amides is 1. The van der Waals surface area contributed by atoms with Crippen molar-refractivity contribution in [3.8, 4) is 0 Å². The van der Waals surface area contributed by atoms with Gasteiger partial charge in [0.1, 0.15) is 5.82 Å². The lowest BCUT2D eigenvalue weighted by Gasteiger charge is -2.03. The Morgan fingerprint density at radius 3 is 2.85 bits per heavy atom. The molecule has 0 aliphatic heterocycles. The maximum atomic E-state index is 13.1. The van der Waals surface area contributed by atoms with E-state index in [2.05, 4.69) is 5.32 Å². The van der Waals surface area contributed by atoms with Crippen LogP contribution in [0.5, 0.6) is 0 Å². The normalized spacial score (nSPS) is 9.69. The topological polar surface area (TPSA) is 55.1 Å². The summed E-state index contributed by atoms with van der Waals surface area (Å²) in [5, 5.41) is 2.50. The van der Waals surface area contributed by atoms with Gasteiger partial charge >= 0.3 is 0 Å². The number of carbonyl (C=O) groups excluding carboxylic acids is 1. The van der Waals surface area contributed by atoms with Gasteiger partial charge in [0.05, 0.1) is 5.56 Å². The van der Waals surface area contributed by atoms with Gasteiger partial charge < -0.3 is 11.1 Å². The quantitative estimate of drug-likeness (QED) is 0.674. The van der Waals surface area contributed by atoms with Crippen LogP contribution >= 0.6 is 0 Å². The number of hydrogen-bond donors (Lipinski definition) is 2. The zero-order chi connectivity index (χ0) is 9.84. The van der Waals surface area contributed by atoms with Crippen molar-refractivity contribution in [3.05, 3.63) is 29.6 Å². The summed E-state index contributed by atoms with van der Waals surface area (Å²) in [7, 11) is 0. The molecule has 3 nitrogen and oxygen atoms in total. The third-order valence-electron chi connectivity index (χ3n) is 1.58. The first-order valence-electron chi connectivity index (χ1n) is 3.98. The molecule has 70 valence electrons. The van der Waals surface area contributed by atoms with Gasteiger partial charge in [-0.25, -0.2) is 4.39 Å². The van der Waals surface area contributed by atoms with Gasteiger partial charge in [0.25, 0.3) is 5.91 Å². The summed E-state index contributed by atoms with van der Waals surface area (Å²) in [6.07, 6.45) is 0. The minimum Gasteiger partial charge on any atom is -0.399 e. The largest absolute Gasteiger partial charge is 0.399 e. The molecular formula is C9H11FN2O. The molecule has 0 saturated carbocycles. The predicted octanol–water partition coefficient (Wildman–Crippen LogP) is 1.16. The molecule has 0 aromatic heterocycles. The van der Waals surface area contributed by atoms with Gasteiger partial charge in [-0.2, -0.15) is 0 Å². The molecule has 3 N–H and O–H groups in total. The highest BCUT2D eigenvalue weighted by Crippen LogP contribution is 2.11. The Morgan fingerprint density at radius 2 is 2.31 bits per heavy atom. The second-order valence-corrected chi connectivity index (χ2v) is 2.60. The minimum atomic E-state index is -0.592. The van der Waals surface area contributed by atoms with Gasteiger partial charge in [-0.1, -0.05) is 0 Å². The molecule has 0 saturated heterocycles. The Kier molecular flexibility index (Phi) is 2.84. The molecule has 0 unspecified atom stereocenters. The summed E-state index contributed by atoms with van der Waals surface area (Å²) in [5.74, 6) is -1.01. The van der Waals surface area contributed by atoms with Crippen LogP contribution in [0.1, 0.15) is 17.3 Å². The van der Waals surface area contributed by atoms with Crippen molar-refractivity contribution in [1.29, 1.82) is 0 Å². The number of halogens is 1. The Bertz CT molecular complexity index is 325. The number of nitrogens with one attached hydrogen (secondary N) is 1. The summed E-state index contributed by atoms with van der Waals surface area (Å²) in [4.78, 5) is 11.2. The maximum Gasteiger partial charge on any atom is 0.254 e. The summed E-state index contributed by atoms with van der Waals surface area (Å²) in [6, 6.07) is 3.99. The lowest BCUT2D eigenvalue weighted by Crippen LogP contribution is -2.23. The molecule has 1 aromatic carbocycles. The zero-order valence-corrected chi connectivity index (χ0v) is 7.30. The maximum absolute atomic E-state index is 13.1. The van der Waals surface area contributed by atoms with Crippen LogP contribution in [0, 0.1) is 5.82 Å². The van der Waals surface area contributed by atoms with E-state index < -0.39 is 11.7 Å². The van der Waals surface area contributed by atoms with Crippen molar-refractivity contribution in [2.75, 3.05) is 12.3 Å². The van der Waals surface area contributed by atoms with Crippen LogP contribution in [0.3, 0.4) is 0 Å². The minimum absolute atomic E-state index is 0.0241. The van der Waals surface area contributed by atoms with Crippen LogP contribution in [-0.2, 0) is 0 Å². The van der Waals surface area contributed by atoms with Crippen LogP contribution in [0.4, 0.5) is 10.1 Å². The van der Waals surface area contributed by atoms with E-state index in [0.29, 0.717) is 12.2 Å². The Labute approximate surface area is 75.7 Å². The van der Waals surface area contributed by atoms with Crippen LogP contribution < -0.4 is 11.1 Å². The smallest absolute Gasteiger partial charge is 0.254 e. The summed E-state index contributed by atoms with van der Waals surface area (Å²) < 4.78 is 13.1. The van der Waals surface area contributed by atoms with Crippen LogP contribution in [0.2, 0.25) is 0 Å². The van der Waals surface area contributed by atoms with Crippen molar-refractivity contribution >= 4 is 11.6 Å². The highest BCUT2D eigenvalue weighted by Gasteiger charge is 2.09. The lowest BCUT2D eigenvalue weighted by molar-refractivity contribution is 0.0952. The highest BCUT2D eigenvalue weighted by atomic mass is 19.1. The molecule has 0 aliphatic carbocycles. The van der Waals surface area contributed by atoms with Crippen LogP contribution in [0.25, 0.3) is 0 Å². The monoisotopic (exact) mass is 182 g/mol. The first-order chi connectivity index (χ1) is 6.15. The molecule has 0 atom stereocenters. The molecule has 4 heteroatoms. The SMILES string of the molecule is CCNC(=O)c1ccc(N)cc1F. The van der Waals surface area contributed by atoms with E-state index in [1.165, 1.54) is 12.1 Å². The Hall–Kier alpha value is -1.58. The average molecular weight is 182 g/mol. The second kappa shape index (κ2) is 3.89. The van der Waals surface area contributed by atoms with Crippen molar-refractivity contribution in [1.82, 2.24) is 5.32 Å². The van der Waals surface area contributed by atoms with E-state index >= 15 is 0 Å². The Balaban J connectivity index is 2.95. The Morgan fingerprint density at radius 1 is 1.62 bits per heavy atom. The standard InChI is InChI=1S/C9H11FN2O/c1-2-12-9(13)7-4-3-6(11)5-8(7)10/h3-5H,2,11H2,1H3,(H,12,13). The molecular weight excluding hydrogens is 171 g/mol. The molecule has 1 amide bonds. The first kappa shape index (κ1) is 9.51.